The maximum absolute atomic E-state index is 12.2. The molecule has 9 nitrogen and oxygen atoms in total. The fourth-order valence-electron chi connectivity index (χ4n) is 2.77. The van der Waals surface area contributed by atoms with E-state index in [2.05, 4.69) is 43.8 Å². The third kappa shape index (κ3) is 5.21. The number of aromatic nitrogens is 4. The average Bonchev–Trinajstić information content (AvgIpc) is 3.11. The van der Waals surface area contributed by atoms with Crippen molar-refractivity contribution in [3.63, 3.8) is 0 Å². The molecule has 0 unspecified atom stereocenters. The molecule has 0 saturated carbocycles. The number of aromatic amines is 1. The Hall–Kier alpha value is -2.82. The van der Waals surface area contributed by atoms with E-state index in [1.54, 1.807) is 24.4 Å². The molecule has 10 heteroatoms. The molecule has 0 aliphatic rings. The standard InChI is InChI=1S/C20H26N6O3S/c1-13(2)19-23-14(3)18(26-19)17-9-10-21-20(25-17)24-15-5-7-16(8-6-15)30(27,28)22-11-12-29-4/h5-10,13,22H,11-12H2,1-4H3,(H,23,26)(H,21,24,25). The number of nitrogens with zero attached hydrogens (tertiary/aromatic N) is 3. The molecule has 2 heterocycles. The van der Waals surface area contributed by atoms with Gasteiger partial charge in [0, 0.05) is 37.2 Å². The molecular weight excluding hydrogens is 404 g/mol. The van der Waals surface area contributed by atoms with E-state index < -0.39 is 10.0 Å². The van der Waals surface area contributed by atoms with Gasteiger partial charge in [0.25, 0.3) is 0 Å². The van der Waals surface area contributed by atoms with Crippen LogP contribution in [0.25, 0.3) is 11.4 Å². The van der Waals surface area contributed by atoms with Crippen molar-refractivity contribution in [1.29, 1.82) is 0 Å². The van der Waals surface area contributed by atoms with Crippen molar-refractivity contribution in [2.45, 2.75) is 31.6 Å². The van der Waals surface area contributed by atoms with E-state index in [1.807, 2.05) is 6.92 Å². The molecule has 0 aliphatic carbocycles. The minimum Gasteiger partial charge on any atom is -0.383 e. The summed E-state index contributed by atoms with van der Waals surface area (Å²) in [5, 5.41) is 3.10. The van der Waals surface area contributed by atoms with Crippen molar-refractivity contribution in [1.82, 2.24) is 24.7 Å². The predicted molar refractivity (Wildman–Crippen MR) is 115 cm³/mol. The predicted octanol–water partition coefficient (Wildman–Crippen LogP) is 2.97. The Kier molecular flexibility index (Phi) is 6.80. The van der Waals surface area contributed by atoms with Crippen LogP contribution in [0.4, 0.5) is 11.6 Å². The molecule has 3 N–H and O–H groups in total. The summed E-state index contributed by atoms with van der Waals surface area (Å²) in [6, 6.07) is 8.18. The van der Waals surface area contributed by atoms with Gasteiger partial charge in [0.1, 0.15) is 11.5 Å². The molecule has 3 rings (SSSR count). The van der Waals surface area contributed by atoms with E-state index in [0.29, 0.717) is 23.9 Å². The average molecular weight is 431 g/mol. The Morgan fingerprint density at radius 3 is 2.50 bits per heavy atom. The first-order valence-electron chi connectivity index (χ1n) is 9.56. The van der Waals surface area contributed by atoms with Gasteiger partial charge in [0.15, 0.2) is 0 Å². The lowest BCUT2D eigenvalue weighted by molar-refractivity contribution is 0.204. The van der Waals surface area contributed by atoms with E-state index in [9.17, 15) is 8.42 Å². The summed E-state index contributed by atoms with van der Waals surface area (Å²) in [5.74, 6) is 1.59. The van der Waals surface area contributed by atoms with E-state index in [-0.39, 0.29) is 17.4 Å². The monoisotopic (exact) mass is 430 g/mol. The van der Waals surface area contributed by atoms with Crippen LogP contribution in [0.2, 0.25) is 0 Å². The summed E-state index contributed by atoms with van der Waals surface area (Å²) >= 11 is 0. The molecule has 2 aromatic heterocycles. The lowest BCUT2D eigenvalue weighted by Gasteiger charge is -2.09. The van der Waals surface area contributed by atoms with Gasteiger partial charge < -0.3 is 15.0 Å². The first-order chi connectivity index (χ1) is 14.3. The number of nitrogens with one attached hydrogen (secondary N) is 3. The van der Waals surface area contributed by atoms with Gasteiger partial charge in [-0.25, -0.2) is 28.1 Å². The lowest BCUT2D eigenvalue weighted by Crippen LogP contribution is -2.27. The highest BCUT2D eigenvalue weighted by atomic mass is 32.2. The summed E-state index contributed by atoms with van der Waals surface area (Å²) in [7, 11) is -2.06. The number of anilines is 2. The van der Waals surface area contributed by atoms with E-state index in [4.69, 9.17) is 4.74 Å². The van der Waals surface area contributed by atoms with Gasteiger partial charge in [-0.2, -0.15) is 0 Å². The van der Waals surface area contributed by atoms with Crippen LogP contribution in [0.5, 0.6) is 0 Å². The number of H-pyrrole nitrogens is 1. The number of aryl methyl sites for hydroxylation is 1. The van der Waals surface area contributed by atoms with Crippen molar-refractivity contribution in [2.75, 3.05) is 25.6 Å². The molecular formula is C20H26N6O3S. The zero-order valence-corrected chi connectivity index (χ0v) is 18.2. The van der Waals surface area contributed by atoms with Gasteiger partial charge in [-0.1, -0.05) is 13.8 Å². The van der Waals surface area contributed by atoms with Crippen LogP contribution < -0.4 is 10.0 Å². The first kappa shape index (κ1) is 21.9. The summed E-state index contributed by atoms with van der Waals surface area (Å²) in [6.07, 6.45) is 1.66. The zero-order valence-electron chi connectivity index (χ0n) is 17.4. The van der Waals surface area contributed by atoms with Gasteiger partial charge in [-0.05, 0) is 37.3 Å². The number of benzene rings is 1. The molecule has 0 atom stereocenters. The van der Waals surface area contributed by atoms with Gasteiger partial charge in [0.05, 0.1) is 17.2 Å². The Morgan fingerprint density at radius 2 is 1.87 bits per heavy atom. The second-order valence-corrected chi connectivity index (χ2v) is 8.82. The Balaban J connectivity index is 1.75. The first-order valence-corrected chi connectivity index (χ1v) is 11.0. The Labute approximate surface area is 176 Å². The number of sulfonamides is 1. The van der Waals surface area contributed by atoms with Crippen molar-refractivity contribution in [3.8, 4) is 11.4 Å². The molecule has 0 radical (unpaired) electrons. The van der Waals surface area contributed by atoms with Crippen LogP contribution in [0, 0.1) is 6.92 Å². The SMILES string of the molecule is COCCNS(=O)(=O)c1ccc(Nc2nccc(-c3nc(C(C)C)[nH]c3C)n2)cc1. The highest BCUT2D eigenvalue weighted by molar-refractivity contribution is 7.89. The van der Waals surface area contributed by atoms with Crippen LogP contribution in [-0.4, -0.2) is 48.6 Å². The van der Waals surface area contributed by atoms with Crippen LogP contribution >= 0.6 is 0 Å². The molecule has 0 amide bonds. The molecule has 30 heavy (non-hydrogen) atoms. The number of rotatable bonds is 9. The maximum atomic E-state index is 12.2. The molecule has 1 aromatic carbocycles. The van der Waals surface area contributed by atoms with Crippen LogP contribution in [-0.2, 0) is 14.8 Å². The topological polar surface area (TPSA) is 122 Å². The molecule has 0 aliphatic heterocycles. The van der Waals surface area contributed by atoms with E-state index in [0.717, 1.165) is 17.2 Å². The van der Waals surface area contributed by atoms with Crippen LogP contribution in [0.3, 0.4) is 0 Å². The van der Waals surface area contributed by atoms with Gasteiger partial charge in [0.2, 0.25) is 16.0 Å². The summed E-state index contributed by atoms with van der Waals surface area (Å²) < 4.78 is 31.8. The van der Waals surface area contributed by atoms with Gasteiger partial charge in [-0.3, -0.25) is 0 Å². The fourth-order valence-corrected chi connectivity index (χ4v) is 3.78. The smallest absolute Gasteiger partial charge is 0.240 e. The highest BCUT2D eigenvalue weighted by Crippen LogP contribution is 2.24. The van der Waals surface area contributed by atoms with Crippen molar-refractivity contribution in [3.05, 3.63) is 48.0 Å². The lowest BCUT2D eigenvalue weighted by atomic mass is 10.2. The van der Waals surface area contributed by atoms with E-state index in [1.165, 1.54) is 19.2 Å². The number of imidazole rings is 1. The van der Waals surface area contributed by atoms with Crippen LogP contribution in [0.1, 0.15) is 31.3 Å². The van der Waals surface area contributed by atoms with Gasteiger partial charge in [-0.15, -0.1) is 0 Å². The quantitative estimate of drug-likeness (QED) is 0.446. The number of methoxy groups -OCH3 is 1. The van der Waals surface area contributed by atoms with Gasteiger partial charge >= 0.3 is 0 Å². The minimum atomic E-state index is -3.58. The minimum absolute atomic E-state index is 0.173. The summed E-state index contributed by atoms with van der Waals surface area (Å²) in [5.41, 5.74) is 3.10. The Morgan fingerprint density at radius 1 is 1.13 bits per heavy atom. The second kappa shape index (κ2) is 9.33. The third-order valence-electron chi connectivity index (χ3n) is 4.37. The number of hydrogen-bond donors (Lipinski definition) is 3. The van der Waals surface area contributed by atoms with E-state index >= 15 is 0 Å². The summed E-state index contributed by atoms with van der Waals surface area (Å²) in [4.78, 5) is 16.9. The van der Waals surface area contributed by atoms with Crippen molar-refractivity contribution >= 4 is 21.7 Å². The number of ether oxygens (including phenoxy) is 1. The summed E-state index contributed by atoms with van der Waals surface area (Å²) in [6.45, 7) is 6.63. The maximum Gasteiger partial charge on any atom is 0.240 e. The Bertz CT molecular complexity index is 1090. The zero-order chi connectivity index (χ0) is 21.7. The van der Waals surface area contributed by atoms with Crippen molar-refractivity contribution in [2.24, 2.45) is 0 Å². The largest absolute Gasteiger partial charge is 0.383 e. The van der Waals surface area contributed by atoms with Crippen molar-refractivity contribution < 1.29 is 13.2 Å². The second-order valence-electron chi connectivity index (χ2n) is 7.06. The fraction of sp³-hybridized carbons (Fsp3) is 0.350. The van der Waals surface area contributed by atoms with Crippen LogP contribution in [0.15, 0.2) is 41.4 Å². The molecule has 3 aromatic rings. The highest BCUT2D eigenvalue weighted by Gasteiger charge is 2.15. The molecule has 0 spiro atoms. The molecule has 0 fully saturated rings. The third-order valence-corrected chi connectivity index (χ3v) is 5.84. The molecule has 0 saturated heterocycles. The molecule has 0 bridgehead atoms. The molecule has 160 valence electrons. The normalized spacial score (nSPS) is 11.8. The number of hydrogen-bond acceptors (Lipinski definition) is 7.